The first-order valence-electron chi connectivity index (χ1n) is 7.78. The van der Waals surface area contributed by atoms with Gasteiger partial charge in [-0.1, -0.05) is 29.5 Å². The molecule has 0 unspecified atom stereocenters. The molecular weight excluding hydrogens is 350 g/mol. The fraction of sp³-hybridized carbons (Fsp3) is 0.0556. The SMILES string of the molecule is COc1ccc2nc(Nc3ncnc(Oc4ccccc4)c3N)sc2c1. The first kappa shape index (κ1) is 16.1. The number of anilines is 3. The molecule has 2 aromatic heterocycles. The van der Waals surface area contributed by atoms with Gasteiger partial charge in [-0.25, -0.2) is 9.97 Å². The Morgan fingerprint density at radius 1 is 1.04 bits per heavy atom. The first-order chi connectivity index (χ1) is 12.7. The van der Waals surface area contributed by atoms with Crippen LogP contribution in [0.25, 0.3) is 10.2 Å². The van der Waals surface area contributed by atoms with Crippen molar-refractivity contribution in [1.82, 2.24) is 15.0 Å². The van der Waals surface area contributed by atoms with E-state index in [1.807, 2.05) is 48.5 Å². The molecule has 26 heavy (non-hydrogen) atoms. The van der Waals surface area contributed by atoms with Crippen molar-refractivity contribution in [2.45, 2.75) is 0 Å². The minimum absolute atomic E-state index is 0.288. The van der Waals surface area contributed by atoms with Crippen molar-refractivity contribution in [3.05, 3.63) is 54.9 Å². The number of thiazole rings is 1. The summed E-state index contributed by atoms with van der Waals surface area (Å²) in [6.45, 7) is 0. The number of para-hydroxylation sites is 1. The summed E-state index contributed by atoms with van der Waals surface area (Å²) < 4.78 is 12.0. The maximum Gasteiger partial charge on any atom is 0.248 e. The molecule has 2 heterocycles. The van der Waals surface area contributed by atoms with Gasteiger partial charge in [0, 0.05) is 0 Å². The zero-order valence-electron chi connectivity index (χ0n) is 13.8. The molecule has 4 rings (SSSR count). The molecule has 4 aromatic rings. The maximum atomic E-state index is 6.16. The average molecular weight is 365 g/mol. The van der Waals surface area contributed by atoms with Crippen LogP contribution in [-0.4, -0.2) is 22.1 Å². The Balaban J connectivity index is 1.61. The molecule has 0 aliphatic rings. The van der Waals surface area contributed by atoms with Crippen molar-refractivity contribution in [2.75, 3.05) is 18.2 Å². The van der Waals surface area contributed by atoms with Gasteiger partial charge in [0.1, 0.15) is 23.5 Å². The molecule has 3 N–H and O–H groups in total. The summed E-state index contributed by atoms with van der Waals surface area (Å²) in [6.07, 6.45) is 1.40. The topological polar surface area (TPSA) is 95.2 Å². The molecule has 0 amide bonds. The van der Waals surface area contributed by atoms with E-state index in [0.29, 0.717) is 22.4 Å². The molecule has 8 heteroatoms. The normalized spacial score (nSPS) is 10.7. The highest BCUT2D eigenvalue weighted by Gasteiger charge is 2.13. The van der Waals surface area contributed by atoms with E-state index in [1.165, 1.54) is 17.7 Å². The zero-order chi connectivity index (χ0) is 17.9. The number of hydrogen-bond donors (Lipinski definition) is 2. The summed E-state index contributed by atoms with van der Waals surface area (Å²) in [5.41, 5.74) is 7.34. The standard InChI is InChI=1S/C18H15N5O2S/c1-24-12-7-8-13-14(9-12)26-18(22-13)23-16-15(19)17(21-10-20-16)25-11-5-3-2-4-6-11/h2-10H,19H2,1H3,(H,20,21,22,23). The molecule has 0 aliphatic heterocycles. The van der Waals surface area contributed by atoms with Crippen LogP contribution < -0.4 is 20.5 Å². The lowest BCUT2D eigenvalue weighted by Gasteiger charge is -2.10. The molecule has 0 saturated heterocycles. The number of nitrogens with two attached hydrogens (primary N) is 1. The Kier molecular flexibility index (Phi) is 4.24. The van der Waals surface area contributed by atoms with Crippen LogP contribution in [0.4, 0.5) is 16.6 Å². The first-order valence-corrected chi connectivity index (χ1v) is 8.59. The van der Waals surface area contributed by atoms with E-state index in [2.05, 4.69) is 20.3 Å². The Morgan fingerprint density at radius 2 is 1.88 bits per heavy atom. The Morgan fingerprint density at radius 3 is 2.69 bits per heavy atom. The second-order valence-corrected chi connectivity index (χ2v) is 6.36. The highest BCUT2D eigenvalue weighted by atomic mass is 32.1. The molecule has 0 fully saturated rings. The molecule has 0 spiro atoms. The van der Waals surface area contributed by atoms with Gasteiger partial charge in [0.15, 0.2) is 10.9 Å². The number of benzene rings is 2. The predicted octanol–water partition coefficient (Wildman–Crippen LogP) is 4.21. The van der Waals surface area contributed by atoms with Crippen molar-refractivity contribution in [3.8, 4) is 17.4 Å². The summed E-state index contributed by atoms with van der Waals surface area (Å²) in [7, 11) is 1.64. The van der Waals surface area contributed by atoms with Gasteiger partial charge in [0.2, 0.25) is 5.88 Å². The van der Waals surface area contributed by atoms with Crippen LogP contribution in [0.2, 0.25) is 0 Å². The Bertz CT molecular complexity index is 1050. The van der Waals surface area contributed by atoms with Gasteiger partial charge < -0.3 is 20.5 Å². The number of rotatable bonds is 5. The van der Waals surface area contributed by atoms with Crippen molar-refractivity contribution in [2.24, 2.45) is 0 Å². The van der Waals surface area contributed by atoms with Crippen molar-refractivity contribution < 1.29 is 9.47 Å². The molecule has 0 aliphatic carbocycles. The highest BCUT2D eigenvalue weighted by Crippen LogP contribution is 2.34. The van der Waals surface area contributed by atoms with Crippen LogP contribution in [0.1, 0.15) is 0 Å². The second-order valence-electron chi connectivity index (χ2n) is 5.33. The number of aromatic nitrogens is 3. The molecular formula is C18H15N5O2S. The van der Waals surface area contributed by atoms with Crippen LogP contribution in [0.15, 0.2) is 54.9 Å². The number of nitrogens with zero attached hydrogens (tertiary/aromatic N) is 3. The number of nitrogen functional groups attached to an aromatic ring is 1. The maximum absolute atomic E-state index is 6.16. The van der Waals surface area contributed by atoms with E-state index in [4.69, 9.17) is 15.2 Å². The smallest absolute Gasteiger partial charge is 0.248 e. The second kappa shape index (κ2) is 6.85. The molecule has 0 radical (unpaired) electrons. The van der Waals surface area contributed by atoms with Crippen molar-refractivity contribution in [3.63, 3.8) is 0 Å². The molecule has 2 aromatic carbocycles. The average Bonchev–Trinajstić information content (AvgIpc) is 3.07. The fourth-order valence-corrected chi connectivity index (χ4v) is 3.24. The third-order valence-corrected chi connectivity index (χ3v) is 4.56. The third kappa shape index (κ3) is 3.22. The minimum atomic E-state index is 0.288. The molecule has 0 saturated carbocycles. The van der Waals surface area contributed by atoms with Gasteiger partial charge in [-0.15, -0.1) is 0 Å². The Hall–Kier alpha value is -3.39. The monoisotopic (exact) mass is 365 g/mol. The van der Waals surface area contributed by atoms with E-state index in [-0.39, 0.29) is 5.88 Å². The van der Waals surface area contributed by atoms with E-state index < -0.39 is 0 Å². The third-order valence-electron chi connectivity index (χ3n) is 3.63. The van der Waals surface area contributed by atoms with Crippen LogP contribution in [0.5, 0.6) is 17.4 Å². The molecule has 7 nitrogen and oxygen atoms in total. The summed E-state index contributed by atoms with van der Waals surface area (Å²) in [5, 5.41) is 3.81. The van der Waals surface area contributed by atoms with Crippen LogP contribution in [0.3, 0.4) is 0 Å². The lowest BCUT2D eigenvalue weighted by atomic mass is 10.3. The number of fused-ring (bicyclic) bond motifs is 1. The number of hydrogen-bond acceptors (Lipinski definition) is 8. The minimum Gasteiger partial charge on any atom is -0.497 e. The van der Waals surface area contributed by atoms with Gasteiger partial charge in [0.25, 0.3) is 0 Å². The quantitative estimate of drug-likeness (QED) is 0.547. The predicted molar refractivity (Wildman–Crippen MR) is 102 cm³/mol. The summed E-state index contributed by atoms with van der Waals surface area (Å²) in [4.78, 5) is 12.8. The van der Waals surface area contributed by atoms with E-state index >= 15 is 0 Å². The van der Waals surface area contributed by atoms with Gasteiger partial charge in [-0.3, -0.25) is 0 Å². The van der Waals surface area contributed by atoms with Gasteiger partial charge >= 0.3 is 0 Å². The van der Waals surface area contributed by atoms with E-state index in [1.54, 1.807) is 7.11 Å². The van der Waals surface area contributed by atoms with Gasteiger partial charge in [-0.05, 0) is 30.3 Å². The van der Waals surface area contributed by atoms with Crippen LogP contribution >= 0.6 is 11.3 Å². The largest absolute Gasteiger partial charge is 0.497 e. The number of nitrogens with one attached hydrogen (secondary N) is 1. The van der Waals surface area contributed by atoms with E-state index in [9.17, 15) is 0 Å². The lowest BCUT2D eigenvalue weighted by Crippen LogP contribution is -2.02. The van der Waals surface area contributed by atoms with Crippen molar-refractivity contribution >= 4 is 38.2 Å². The molecule has 0 atom stereocenters. The van der Waals surface area contributed by atoms with Gasteiger partial charge in [0.05, 0.1) is 17.3 Å². The number of ether oxygens (including phenoxy) is 2. The van der Waals surface area contributed by atoms with Crippen LogP contribution in [-0.2, 0) is 0 Å². The van der Waals surface area contributed by atoms with E-state index in [0.717, 1.165) is 16.0 Å². The summed E-state index contributed by atoms with van der Waals surface area (Å²) >= 11 is 1.48. The molecule has 0 bridgehead atoms. The highest BCUT2D eigenvalue weighted by molar-refractivity contribution is 7.22. The van der Waals surface area contributed by atoms with Crippen LogP contribution in [0, 0.1) is 0 Å². The summed E-state index contributed by atoms with van der Waals surface area (Å²) in [6, 6.07) is 15.0. The fourth-order valence-electron chi connectivity index (χ4n) is 2.35. The van der Waals surface area contributed by atoms with Crippen molar-refractivity contribution in [1.29, 1.82) is 0 Å². The Labute approximate surface area is 153 Å². The van der Waals surface area contributed by atoms with Gasteiger partial charge in [-0.2, -0.15) is 4.98 Å². The molecule has 130 valence electrons. The summed E-state index contributed by atoms with van der Waals surface area (Å²) in [5.74, 6) is 2.16. The zero-order valence-corrected chi connectivity index (χ0v) is 14.7. The lowest BCUT2D eigenvalue weighted by molar-refractivity contribution is 0.415. The number of methoxy groups -OCH3 is 1.